The number of nitrogens with zero attached hydrogens (tertiary/aromatic N) is 2. The molecule has 2 aromatic rings. The third-order valence-electron chi connectivity index (χ3n) is 4.21. The van der Waals surface area contributed by atoms with Gasteiger partial charge in [-0.15, -0.1) is 0 Å². The van der Waals surface area contributed by atoms with Crippen molar-refractivity contribution in [1.29, 1.82) is 0 Å². The number of aromatic nitrogens is 2. The summed E-state index contributed by atoms with van der Waals surface area (Å²) >= 11 is 0. The summed E-state index contributed by atoms with van der Waals surface area (Å²) in [5.41, 5.74) is 10.9. The second kappa shape index (κ2) is 7.97. The molecule has 4 N–H and O–H groups in total. The number of amides is 1. The molecule has 1 aromatic carbocycles. The molecule has 0 saturated carbocycles. The first-order valence-electron chi connectivity index (χ1n) is 8.30. The van der Waals surface area contributed by atoms with Crippen LogP contribution in [-0.2, 0) is 4.79 Å². The van der Waals surface area contributed by atoms with Crippen LogP contribution in [0.2, 0.25) is 0 Å². The average molecular weight is 329 g/mol. The second-order valence-electron chi connectivity index (χ2n) is 6.04. The molecule has 0 aliphatic rings. The minimum Gasteiger partial charge on any atom is -0.370 e. The fourth-order valence-corrected chi connectivity index (χ4v) is 2.87. The van der Waals surface area contributed by atoms with Crippen LogP contribution in [0, 0.1) is 20.8 Å². The van der Waals surface area contributed by atoms with Gasteiger partial charge < -0.3 is 16.0 Å². The van der Waals surface area contributed by atoms with Gasteiger partial charge in [0.25, 0.3) is 0 Å². The van der Waals surface area contributed by atoms with Crippen molar-refractivity contribution in [3.05, 3.63) is 46.8 Å². The van der Waals surface area contributed by atoms with Gasteiger partial charge in [-0.2, -0.15) is 5.10 Å². The Kier molecular flexibility index (Phi) is 5.98. The molecule has 0 saturated heterocycles. The normalized spacial score (nSPS) is 12.0. The number of nitrogens with one attached hydrogen (secondary N) is 2. The summed E-state index contributed by atoms with van der Waals surface area (Å²) in [5, 5.41) is 9.89. The number of nitrogens with two attached hydrogens (primary N) is 1. The molecule has 1 atom stereocenters. The number of anilines is 1. The minimum absolute atomic E-state index is 0.178. The van der Waals surface area contributed by atoms with Crippen molar-refractivity contribution >= 4 is 11.6 Å². The van der Waals surface area contributed by atoms with Gasteiger partial charge in [0.1, 0.15) is 6.04 Å². The molecule has 1 aromatic heterocycles. The molecule has 130 valence electrons. The summed E-state index contributed by atoms with van der Waals surface area (Å²) in [6, 6.07) is 7.66. The van der Waals surface area contributed by atoms with E-state index in [9.17, 15) is 4.79 Å². The van der Waals surface area contributed by atoms with Crippen molar-refractivity contribution in [2.75, 3.05) is 24.5 Å². The highest BCUT2D eigenvalue weighted by Crippen LogP contribution is 2.18. The van der Waals surface area contributed by atoms with Gasteiger partial charge in [0, 0.05) is 36.6 Å². The first kappa shape index (κ1) is 18.0. The van der Waals surface area contributed by atoms with Crippen LogP contribution in [0.4, 0.5) is 5.69 Å². The monoisotopic (exact) mass is 329 g/mol. The van der Waals surface area contributed by atoms with Gasteiger partial charge in [-0.05, 0) is 45.4 Å². The number of likely N-dealkylation sites (N-methyl/N-ethyl adjacent to an activating group) is 1. The van der Waals surface area contributed by atoms with E-state index >= 15 is 0 Å². The van der Waals surface area contributed by atoms with Gasteiger partial charge >= 0.3 is 0 Å². The molecule has 0 unspecified atom stereocenters. The Labute approximate surface area is 143 Å². The quantitative estimate of drug-likeness (QED) is 0.725. The summed E-state index contributed by atoms with van der Waals surface area (Å²) in [5.74, 6) is -0.178. The van der Waals surface area contributed by atoms with Crippen LogP contribution in [0.25, 0.3) is 0 Å². The molecule has 6 heteroatoms. The number of carbonyl (C=O) groups is 1. The van der Waals surface area contributed by atoms with Crippen molar-refractivity contribution in [3.63, 3.8) is 0 Å². The maximum absolute atomic E-state index is 12.3. The zero-order valence-electron chi connectivity index (χ0n) is 14.9. The average Bonchev–Trinajstić information content (AvgIpc) is 2.89. The predicted molar refractivity (Wildman–Crippen MR) is 97.1 cm³/mol. The van der Waals surface area contributed by atoms with Crippen molar-refractivity contribution in [1.82, 2.24) is 15.5 Å². The second-order valence-corrected chi connectivity index (χ2v) is 6.04. The maximum Gasteiger partial charge on any atom is 0.241 e. The van der Waals surface area contributed by atoms with Gasteiger partial charge in [0.2, 0.25) is 5.91 Å². The Hall–Kier alpha value is -2.34. The third kappa shape index (κ3) is 4.14. The van der Waals surface area contributed by atoms with Crippen molar-refractivity contribution in [3.8, 4) is 0 Å². The SMILES string of the molecule is CCN(CCNC(=O)[C@H](N)c1c(C)n[nH]c1C)c1cccc(C)c1. The zero-order chi connectivity index (χ0) is 17.7. The molecule has 0 radical (unpaired) electrons. The number of hydrogen-bond acceptors (Lipinski definition) is 4. The number of carbonyl (C=O) groups excluding carboxylic acids is 1. The number of benzene rings is 1. The molecular weight excluding hydrogens is 302 g/mol. The highest BCUT2D eigenvalue weighted by atomic mass is 16.2. The highest BCUT2D eigenvalue weighted by molar-refractivity contribution is 5.83. The summed E-state index contributed by atoms with van der Waals surface area (Å²) in [6.45, 7) is 10.1. The molecule has 0 spiro atoms. The van der Waals surface area contributed by atoms with E-state index in [4.69, 9.17) is 5.73 Å². The van der Waals surface area contributed by atoms with E-state index in [1.165, 1.54) is 5.56 Å². The summed E-state index contributed by atoms with van der Waals surface area (Å²) < 4.78 is 0. The molecule has 0 fully saturated rings. The van der Waals surface area contributed by atoms with Crippen LogP contribution in [-0.4, -0.2) is 35.7 Å². The van der Waals surface area contributed by atoms with Crippen LogP contribution in [0.3, 0.4) is 0 Å². The molecular formula is C18H27N5O. The van der Waals surface area contributed by atoms with E-state index in [2.05, 4.69) is 52.5 Å². The summed E-state index contributed by atoms with van der Waals surface area (Å²) in [7, 11) is 0. The smallest absolute Gasteiger partial charge is 0.241 e. The van der Waals surface area contributed by atoms with Gasteiger partial charge in [-0.1, -0.05) is 12.1 Å². The first-order valence-corrected chi connectivity index (χ1v) is 8.30. The lowest BCUT2D eigenvalue weighted by Crippen LogP contribution is -2.39. The van der Waals surface area contributed by atoms with E-state index in [0.29, 0.717) is 6.54 Å². The topological polar surface area (TPSA) is 87.0 Å². The number of rotatable bonds is 7. The molecule has 2 rings (SSSR count). The maximum atomic E-state index is 12.3. The van der Waals surface area contributed by atoms with Crippen molar-refractivity contribution in [2.45, 2.75) is 33.7 Å². The predicted octanol–water partition coefficient (Wildman–Crippen LogP) is 1.98. The van der Waals surface area contributed by atoms with E-state index in [1.54, 1.807) is 0 Å². The van der Waals surface area contributed by atoms with Gasteiger partial charge in [0.15, 0.2) is 0 Å². The molecule has 0 aliphatic carbocycles. The van der Waals surface area contributed by atoms with Crippen molar-refractivity contribution < 1.29 is 4.79 Å². The lowest BCUT2D eigenvalue weighted by Gasteiger charge is -2.24. The molecule has 0 aliphatic heterocycles. The van der Waals surface area contributed by atoms with E-state index in [0.717, 1.165) is 35.7 Å². The lowest BCUT2D eigenvalue weighted by molar-refractivity contribution is -0.122. The van der Waals surface area contributed by atoms with E-state index in [-0.39, 0.29) is 5.91 Å². The highest BCUT2D eigenvalue weighted by Gasteiger charge is 2.21. The van der Waals surface area contributed by atoms with Gasteiger partial charge in [-0.3, -0.25) is 9.89 Å². The summed E-state index contributed by atoms with van der Waals surface area (Å²) in [6.07, 6.45) is 0. The van der Waals surface area contributed by atoms with Crippen LogP contribution in [0.5, 0.6) is 0 Å². The fourth-order valence-electron chi connectivity index (χ4n) is 2.87. The number of H-pyrrole nitrogens is 1. The minimum atomic E-state index is -0.696. The van der Waals surface area contributed by atoms with Crippen molar-refractivity contribution in [2.24, 2.45) is 5.73 Å². The van der Waals surface area contributed by atoms with Crippen LogP contribution < -0.4 is 16.0 Å². The van der Waals surface area contributed by atoms with Gasteiger partial charge in [-0.25, -0.2) is 0 Å². The molecule has 1 heterocycles. The Morgan fingerprint density at radius 2 is 2.12 bits per heavy atom. The molecule has 1 amide bonds. The summed E-state index contributed by atoms with van der Waals surface area (Å²) in [4.78, 5) is 14.5. The lowest BCUT2D eigenvalue weighted by atomic mass is 10.1. The fraction of sp³-hybridized carbons (Fsp3) is 0.444. The Morgan fingerprint density at radius 3 is 2.71 bits per heavy atom. The number of aromatic amines is 1. The Balaban J connectivity index is 1.92. The number of aryl methyl sites for hydroxylation is 3. The standard InChI is InChI=1S/C18H27N5O/c1-5-23(15-8-6-7-12(2)11-15)10-9-20-18(24)17(19)16-13(3)21-22-14(16)4/h6-8,11,17H,5,9-10,19H2,1-4H3,(H,20,24)(H,21,22)/t17-/m1/s1. The zero-order valence-corrected chi connectivity index (χ0v) is 14.9. The first-order chi connectivity index (χ1) is 11.4. The third-order valence-corrected chi connectivity index (χ3v) is 4.21. The van der Waals surface area contributed by atoms with Gasteiger partial charge in [0.05, 0.1) is 5.69 Å². The van der Waals surface area contributed by atoms with Crippen LogP contribution in [0.1, 0.15) is 35.5 Å². The Morgan fingerprint density at radius 1 is 1.38 bits per heavy atom. The van der Waals surface area contributed by atoms with Crippen LogP contribution in [0.15, 0.2) is 24.3 Å². The Bertz CT molecular complexity index is 675. The van der Waals surface area contributed by atoms with E-state index in [1.807, 2.05) is 19.9 Å². The largest absolute Gasteiger partial charge is 0.370 e. The van der Waals surface area contributed by atoms with Crippen LogP contribution >= 0.6 is 0 Å². The number of hydrogen-bond donors (Lipinski definition) is 3. The molecule has 6 nitrogen and oxygen atoms in total. The molecule has 24 heavy (non-hydrogen) atoms. The molecule has 0 bridgehead atoms. The van der Waals surface area contributed by atoms with E-state index < -0.39 is 6.04 Å².